The molecule has 1 aromatic rings. The maximum absolute atomic E-state index is 11.8. The monoisotopic (exact) mass is 337 g/mol. The van der Waals surface area contributed by atoms with Crippen molar-refractivity contribution in [3.05, 3.63) is 22.7 Å². The van der Waals surface area contributed by atoms with E-state index in [-0.39, 0.29) is 5.82 Å². The van der Waals surface area contributed by atoms with Crippen LogP contribution in [-0.2, 0) is 14.3 Å². The maximum Gasteiger partial charge on any atom is 0.351 e. The van der Waals surface area contributed by atoms with Crippen LogP contribution < -0.4 is 11.4 Å². The lowest BCUT2D eigenvalue weighted by atomic mass is 9.99. The molecule has 0 aliphatic carbocycles. The Bertz CT molecular complexity index is 582. The van der Waals surface area contributed by atoms with Crippen molar-refractivity contribution in [3.63, 3.8) is 0 Å². The highest BCUT2D eigenvalue weighted by Crippen LogP contribution is 2.40. The number of hydrogen-bond donors (Lipinski definition) is 5. The van der Waals surface area contributed by atoms with E-state index in [0.717, 1.165) is 4.57 Å². The third-order valence-electron chi connectivity index (χ3n) is 3.07. The first-order valence-corrected chi connectivity index (χ1v) is 7.48. The highest BCUT2D eigenvalue weighted by Gasteiger charge is 2.55. The third kappa shape index (κ3) is 3.26. The first kappa shape index (κ1) is 17.2. The molecule has 11 nitrogen and oxygen atoms in total. The molecule has 1 aliphatic heterocycles. The molecular formula is C10H16N3O8P. The molecule has 12 heteroatoms. The summed E-state index contributed by atoms with van der Waals surface area (Å²) < 4.78 is 10.6. The lowest BCUT2D eigenvalue weighted by Gasteiger charge is -2.26. The fourth-order valence-electron chi connectivity index (χ4n) is 1.90. The second kappa shape index (κ2) is 6.52. The number of aliphatic hydroxyl groups excluding tert-OH is 2. The summed E-state index contributed by atoms with van der Waals surface area (Å²) in [6.07, 6.45) is -3.85. The molecule has 2 heterocycles. The van der Waals surface area contributed by atoms with E-state index in [1.165, 1.54) is 19.2 Å². The standard InChI is InChI=1S/C10H16N3O8P/c1-10(17)6(15)7(20-21-22(18)4-14)19-8(10)13-3-2-5(11)12-9(13)16/h2-3,6-8,14-15,17-18H,4H2,1H3,(H2,11,12,16)/t6?,7-,8-,10-,22?/m1/s1. The van der Waals surface area contributed by atoms with Crippen LogP contribution in [0.1, 0.15) is 13.2 Å². The average molecular weight is 337 g/mol. The van der Waals surface area contributed by atoms with Gasteiger partial charge in [0.2, 0.25) is 14.7 Å². The van der Waals surface area contributed by atoms with E-state index < -0.39 is 44.6 Å². The molecule has 124 valence electrons. The zero-order valence-electron chi connectivity index (χ0n) is 11.4. The molecule has 2 unspecified atom stereocenters. The molecule has 0 radical (unpaired) electrons. The van der Waals surface area contributed by atoms with Crippen LogP contribution in [0.25, 0.3) is 0 Å². The van der Waals surface area contributed by atoms with Crippen molar-refractivity contribution in [2.75, 3.05) is 12.1 Å². The molecule has 0 saturated carbocycles. The first-order valence-electron chi connectivity index (χ1n) is 6.08. The Morgan fingerprint density at radius 1 is 1.64 bits per heavy atom. The van der Waals surface area contributed by atoms with Crippen molar-refractivity contribution in [3.8, 4) is 0 Å². The fraction of sp³-hybridized carbons (Fsp3) is 0.600. The smallest absolute Gasteiger partial charge is 0.351 e. The number of rotatable bonds is 5. The van der Waals surface area contributed by atoms with Gasteiger partial charge in [0.25, 0.3) is 0 Å². The molecule has 0 bridgehead atoms. The van der Waals surface area contributed by atoms with Crippen molar-refractivity contribution in [1.29, 1.82) is 0 Å². The van der Waals surface area contributed by atoms with Gasteiger partial charge in [0.05, 0.1) is 0 Å². The van der Waals surface area contributed by atoms with Gasteiger partial charge in [0.1, 0.15) is 23.9 Å². The van der Waals surface area contributed by atoms with E-state index in [1.54, 1.807) is 0 Å². The zero-order valence-corrected chi connectivity index (χ0v) is 12.3. The normalized spacial score (nSPS) is 33.0. The molecule has 0 amide bonds. The van der Waals surface area contributed by atoms with Gasteiger partial charge in [-0.3, -0.25) is 4.57 Å². The van der Waals surface area contributed by atoms with Gasteiger partial charge >= 0.3 is 5.69 Å². The molecule has 22 heavy (non-hydrogen) atoms. The largest absolute Gasteiger partial charge is 0.387 e. The van der Waals surface area contributed by atoms with Crippen LogP contribution in [-0.4, -0.2) is 54.1 Å². The Morgan fingerprint density at radius 3 is 2.91 bits per heavy atom. The van der Waals surface area contributed by atoms with Gasteiger partial charge in [-0.05, 0) is 13.0 Å². The average Bonchev–Trinajstić information content (AvgIpc) is 2.68. The molecule has 0 spiro atoms. The van der Waals surface area contributed by atoms with Crippen LogP contribution in [0.15, 0.2) is 17.1 Å². The SMILES string of the molecule is C[C@@]1(O)C(O)[C@@H](OOP(O)CO)O[C@H]1n1ccc(N)nc1=O. The molecule has 6 N–H and O–H groups in total. The summed E-state index contributed by atoms with van der Waals surface area (Å²) in [5.74, 6) is -0.00978. The lowest BCUT2D eigenvalue weighted by molar-refractivity contribution is -0.333. The Morgan fingerprint density at radius 2 is 2.32 bits per heavy atom. The van der Waals surface area contributed by atoms with Crippen LogP contribution >= 0.6 is 8.38 Å². The van der Waals surface area contributed by atoms with Crippen LogP contribution in [0, 0.1) is 0 Å². The number of nitrogens with zero attached hydrogens (tertiary/aromatic N) is 2. The lowest BCUT2D eigenvalue weighted by Crippen LogP contribution is -2.46. The zero-order chi connectivity index (χ0) is 16.5. The van der Waals surface area contributed by atoms with E-state index in [9.17, 15) is 15.0 Å². The molecule has 1 aromatic heterocycles. The minimum Gasteiger partial charge on any atom is -0.387 e. The van der Waals surface area contributed by atoms with E-state index in [2.05, 4.69) is 14.5 Å². The number of hydrogen-bond acceptors (Lipinski definition) is 10. The number of nitrogen functional groups attached to an aromatic ring is 1. The van der Waals surface area contributed by atoms with Crippen LogP contribution in [0.4, 0.5) is 5.82 Å². The Labute approximate surface area is 125 Å². The highest BCUT2D eigenvalue weighted by molar-refractivity contribution is 7.45. The van der Waals surface area contributed by atoms with E-state index >= 15 is 0 Å². The van der Waals surface area contributed by atoms with E-state index in [4.69, 9.17) is 20.5 Å². The number of anilines is 1. The van der Waals surface area contributed by atoms with Gasteiger partial charge in [0.15, 0.2) is 6.23 Å². The molecule has 1 fully saturated rings. The van der Waals surface area contributed by atoms with Crippen LogP contribution in [0.2, 0.25) is 0 Å². The van der Waals surface area contributed by atoms with Gasteiger partial charge in [-0.15, -0.1) is 0 Å². The Kier molecular flexibility index (Phi) is 5.10. The van der Waals surface area contributed by atoms with Crippen LogP contribution in [0.5, 0.6) is 0 Å². The number of aromatic nitrogens is 2. The van der Waals surface area contributed by atoms with Crippen molar-refractivity contribution in [1.82, 2.24) is 9.55 Å². The van der Waals surface area contributed by atoms with Crippen LogP contribution in [0.3, 0.4) is 0 Å². The third-order valence-corrected chi connectivity index (χ3v) is 3.57. The van der Waals surface area contributed by atoms with Gasteiger partial charge < -0.3 is 30.7 Å². The summed E-state index contributed by atoms with van der Waals surface area (Å²) in [7, 11) is -2.26. The summed E-state index contributed by atoms with van der Waals surface area (Å²) >= 11 is 0. The van der Waals surface area contributed by atoms with Gasteiger partial charge in [0, 0.05) is 6.20 Å². The molecule has 1 saturated heterocycles. The van der Waals surface area contributed by atoms with E-state index in [0.29, 0.717) is 0 Å². The van der Waals surface area contributed by atoms with Gasteiger partial charge in [-0.2, -0.15) is 14.5 Å². The Hall–Kier alpha value is -1.17. The molecular weight excluding hydrogens is 321 g/mol. The van der Waals surface area contributed by atoms with Gasteiger partial charge in [-0.25, -0.2) is 4.79 Å². The predicted octanol–water partition coefficient (Wildman–Crippen LogP) is -2.01. The second-order valence-electron chi connectivity index (χ2n) is 4.73. The summed E-state index contributed by atoms with van der Waals surface area (Å²) in [6.45, 7) is 1.22. The van der Waals surface area contributed by atoms with Gasteiger partial charge in [-0.1, -0.05) is 0 Å². The van der Waals surface area contributed by atoms with Crippen molar-refractivity contribution >= 4 is 14.2 Å². The minimum atomic E-state index is -2.26. The van der Waals surface area contributed by atoms with E-state index in [1.807, 2.05) is 0 Å². The summed E-state index contributed by atoms with van der Waals surface area (Å²) in [6, 6.07) is 1.32. The van der Waals surface area contributed by atoms with Crippen molar-refractivity contribution in [2.24, 2.45) is 0 Å². The topological polar surface area (TPSA) is 170 Å². The predicted molar refractivity (Wildman–Crippen MR) is 71.8 cm³/mol. The molecule has 2 rings (SSSR count). The number of nitrogens with two attached hydrogens (primary N) is 1. The highest BCUT2D eigenvalue weighted by atomic mass is 31.2. The van der Waals surface area contributed by atoms with Crippen molar-refractivity contribution < 1.29 is 34.5 Å². The molecule has 1 aliphatic rings. The summed E-state index contributed by atoms with van der Waals surface area (Å²) in [5.41, 5.74) is 2.67. The number of ether oxygens (including phenoxy) is 1. The Balaban J connectivity index is 2.20. The van der Waals surface area contributed by atoms with Crippen molar-refractivity contribution in [2.45, 2.75) is 31.1 Å². The summed E-state index contributed by atoms with van der Waals surface area (Å²) in [5, 5.41) is 29.0. The summed E-state index contributed by atoms with van der Waals surface area (Å²) in [4.78, 5) is 29.0. The second-order valence-corrected chi connectivity index (χ2v) is 5.87. The molecule has 5 atom stereocenters. The maximum atomic E-state index is 11.8. The molecule has 0 aromatic carbocycles. The first-order chi connectivity index (χ1) is 10.3. The minimum absolute atomic E-state index is 0.00978. The number of aliphatic hydroxyl groups is 3. The fourth-order valence-corrected chi connectivity index (χ4v) is 2.13. The quantitative estimate of drug-likeness (QED) is 0.230.